The van der Waals surface area contributed by atoms with Gasteiger partial charge < -0.3 is 15.6 Å². The first kappa shape index (κ1) is 14.9. The fraction of sp³-hybridized carbons (Fsp3) is 1.00. The van der Waals surface area contributed by atoms with Gasteiger partial charge in [-0.25, -0.2) is 0 Å². The van der Waals surface area contributed by atoms with Gasteiger partial charge in [-0.1, -0.05) is 6.92 Å². The molecular weight excluding hydrogens is 216 g/mol. The van der Waals surface area contributed by atoms with E-state index in [0.29, 0.717) is 25.0 Å². The third-order valence-corrected chi connectivity index (χ3v) is 3.72. The minimum absolute atomic E-state index is 0.281. The molecule has 3 N–H and O–H groups in total. The number of hydrogen-bond donors (Lipinski definition) is 2. The van der Waals surface area contributed by atoms with Crippen LogP contribution in [0.25, 0.3) is 0 Å². The van der Waals surface area contributed by atoms with Crippen molar-refractivity contribution in [2.24, 2.45) is 5.73 Å². The van der Waals surface area contributed by atoms with Crippen LogP contribution in [0.15, 0.2) is 0 Å². The lowest BCUT2D eigenvalue weighted by Gasteiger charge is -2.43. The van der Waals surface area contributed by atoms with Crippen LogP contribution in [0.4, 0.5) is 0 Å². The summed E-state index contributed by atoms with van der Waals surface area (Å²) in [6.07, 6.45) is 2.08. The first-order valence-electron chi connectivity index (χ1n) is 6.69. The maximum absolute atomic E-state index is 10.1. The zero-order chi connectivity index (χ0) is 13.1. The van der Waals surface area contributed by atoms with E-state index in [-0.39, 0.29) is 6.10 Å². The zero-order valence-corrected chi connectivity index (χ0v) is 11.6. The molecule has 0 aromatic rings. The molecule has 4 heteroatoms. The summed E-state index contributed by atoms with van der Waals surface area (Å²) >= 11 is 0. The minimum Gasteiger partial charge on any atom is -0.389 e. The molecule has 4 nitrogen and oxygen atoms in total. The molecule has 1 saturated heterocycles. The van der Waals surface area contributed by atoms with E-state index < -0.39 is 5.60 Å². The summed E-state index contributed by atoms with van der Waals surface area (Å²) in [6, 6.07) is 0.805. The van der Waals surface area contributed by atoms with Crippen molar-refractivity contribution in [2.45, 2.75) is 64.3 Å². The lowest BCUT2D eigenvalue weighted by molar-refractivity contribution is -0.0817. The van der Waals surface area contributed by atoms with Gasteiger partial charge in [-0.05, 0) is 33.6 Å². The summed E-state index contributed by atoms with van der Waals surface area (Å²) < 4.78 is 5.69. The third kappa shape index (κ3) is 4.21. The third-order valence-electron chi connectivity index (χ3n) is 3.72. The molecule has 1 fully saturated rings. The maximum atomic E-state index is 10.1. The molecule has 17 heavy (non-hydrogen) atoms. The first-order valence-corrected chi connectivity index (χ1v) is 6.69. The molecule has 102 valence electrons. The first-order chi connectivity index (χ1) is 7.89. The van der Waals surface area contributed by atoms with Gasteiger partial charge in [0.2, 0.25) is 0 Å². The smallest absolute Gasteiger partial charge is 0.0756 e. The second-order valence-electron chi connectivity index (χ2n) is 5.66. The highest BCUT2D eigenvalue weighted by Crippen LogP contribution is 2.22. The Balaban J connectivity index is 2.61. The van der Waals surface area contributed by atoms with Crippen LogP contribution in [0.3, 0.4) is 0 Å². The molecule has 4 unspecified atom stereocenters. The van der Waals surface area contributed by atoms with Crippen LogP contribution in [-0.4, -0.2) is 53.5 Å². The Bertz CT molecular complexity index is 233. The van der Waals surface area contributed by atoms with Crippen molar-refractivity contribution in [3.63, 3.8) is 0 Å². The summed E-state index contributed by atoms with van der Waals surface area (Å²) in [5.41, 5.74) is 4.82. The molecule has 0 spiro atoms. The number of aliphatic hydroxyl groups is 1. The lowest BCUT2D eigenvalue weighted by atomic mass is 9.95. The molecular formula is C13H28N2O2. The summed E-state index contributed by atoms with van der Waals surface area (Å²) in [4.78, 5) is 2.46. The van der Waals surface area contributed by atoms with Crippen LogP contribution in [0.1, 0.15) is 40.5 Å². The van der Waals surface area contributed by atoms with Gasteiger partial charge in [0, 0.05) is 25.2 Å². The topological polar surface area (TPSA) is 58.7 Å². The van der Waals surface area contributed by atoms with Gasteiger partial charge in [-0.3, -0.25) is 4.90 Å². The molecule has 1 aliphatic heterocycles. The number of nitrogens with two attached hydrogens (primary N) is 1. The Hall–Kier alpha value is -0.160. The Kier molecular flexibility index (Phi) is 5.38. The van der Waals surface area contributed by atoms with E-state index in [1.54, 1.807) is 0 Å². The zero-order valence-electron chi connectivity index (χ0n) is 11.6. The summed E-state index contributed by atoms with van der Waals surface area (Å²) in [5, 5.41) is 10.1. The second kappa shape index (κ2) is 6.14. The highest BCUT2D eigenvalue weighted by Gasteiger charge is 2.32. The van der Waals surface area contributed by atoms with E-state index in [0.717, 1.165) is 19.6 Å². The Morgan fingerprint density at radius 2 is 2.24 bits per heavy atom. The van der Waals surface area contributed by atoms with Crippen molar-refractivity contribution in [3.8, 4) is 0 Å². The molecule has 0 radical (unpaired) electrons. The van der Waals surface area contributed by atoms with E-state index in [1.807, 2.05) is 6.92 Å². The SMILES string of the molecule is CCC1COC(C)CN1C(C)CC(C)(O)CN. The standard InChI is InChI=1S/C13H28N2O2/c1-5-12-8-17-11(3)7-15(12)10(2)6-13(4,16)9-14/h10-12,16H,5-9,14H2,1-4H3. The molecule has 0 bridgehead atoms. The molecule has 0 amide bonds. The predicted molar refractivity (Wildman–Crippen MR) is 70.0 cm³/mol. The monoisotopic (exact) mass is 244 g/mol. The van der Waals surface area contributed by atoms with Crippen LogP contribution in [-0.2, 0) is 4.74 Å². The fourth-order valence-corrected chi connectivity index (χ4v) is 2.60. The van der Waals surface area contributed by atoms with Crippen LogP contribution >= 0.6 is 0 Å². The van der Waals surface area contributed by atoms with Crippen LogP contribution in [0.5, 0.6) is 0 Å². The molecule has 0 aliphatic carbocycles. The molecule has 1 rings (SSSR count). The normalized spacial score (nSPS) is 32.1. The van der Waals surface area contributed by atoms with E-state index in [2.05, 4.69) is 25.7 Å². The van der Waals surface area contributed by atoms with Crippen molar-refractivity contribution < 1.29 is 9.84 Å². The average molecular weight is 244 g/mol. The van der Waals surface area contributed by atoms with Gasteiger partial charge in [0.1, 0.15) is 0 Å². The quantitative estimate of drug-likeness (QED) is 0.757. The number of rotatable bonds is 5. The van der Waals surface area contributed by atoms with Crippen molar-refractivity contribution in [2.75, 3.05) is 19.7 Å². The van der Waals surface area contributed by atoms with Gasteiger partial charge in [0.15, 0.2) is 0 Å². The summed E-state index contributed by atoms with van der Waals surface area (Å²) in [6.45, 7) is 10.3. The number of morpholine rings is 1. The molecule has 1 aliphatic rings. The van der Waals surface area contributed by atoms with Gasteiger partial charge in [-0.2, -0.15) is 0 Å². The van der Waals surface area contributed by atoms with Gasteiger partial charge in [0.25, 0.3) is 0 Å². The van der Waals surface area contributed by atoms with Crippen LogP contribution in [0, 0.1) is 0 Å². The highest BCUT2D eigenvalue weighted by atomic mass is 16.5. The van der Waals surface area contributed by atoms with Crippen LogP contribution < -0.4 is 5.73 Å². The van der Waals surface area contributed by atoms with Crippen molar-refractivity contribution >= 4 is 0 Å². The second-order valence-corrected chi connectivity index (χ2v) is 5.66. The Labute approximate surface area is 105 Å². The number of nitrogens with zero attached hydrogens (tertiary/aromatic N) is 1. The largest absolute Gasteiger partial charge is 0.389 e. The lowest BCUT2D eigenvalue weighted by Crippen LogP contribution is -2.54. The van der Waals surface area contributed by atoms with Crippen LogP contribution in [0.2, 0.25) is 0 Å². The highest BCUT2D eigenvalue weighted by molar-refractivity contribution is 4.86. The summed E-state index contributed by atoms with van der Waals surface area (Å²) in [5.74, 6) is 0. The van der Waals surface area contributed by atoms with Crippen molar-refractivity contribution in [3.05, 3.63) is 0 Å². The molecule has 0 aromatic heterocycles. The average Bonchev–Trinajstić information content (AvgIpc) is 2.28. The van der Waals surface area contributed by atoms with E-state index in [1.165, 1.54) is 0 Å². The fourth-order valence-electron chi connectivity index (χ4n) is 2.60. The number of ether oxygens (including phenoxy) is 1. The molecule has 1 heterocycles. The predicted octanol–water partition coefficient (Wildman–Crippen LogP) is 0.974. The Morgan fingerprint density at radius 3 is 2.76 bits per heavy atom. The maximum Gasteiger partial charge on any atom is 0.0756 e. The van der Waals surface area contributed by atoms with E-state index >= 15 is 0 Å². The molecule has 4 atom stereocenters. The van der Waals surface area contributed by atoms with Crippen molar-refractivity contribution in [1.82, 2.24) is 4.90 Å². The van der Waals surface area contributed by atoms with Gasteiger partial charge in [-0.15, -0.1) is 0 Å². The molecule has 0 saturated carbocycles. The van der Waals surface area contributed by atoms with E-state index in [9.17, 15) is 5.11 Å². The Morgan fingerprint density at radius 1 is 1.59 bits per heavy atom. The van der Waals surface area contributed by atoms with Gasteiger partial charge >= 0.3 is 0 Å². The van der Waals surface area contributed by atoms with Crippen molar-refractivity contribution in [1.29, 1.82) is 0 Å². The van der Waals surface area contributed by atoms with Gasteiger partial charge in [0.05, 0.1) is 18.3 Å². The molecule has 0 aromatic carbocycles. The number of hydrogen-bond acceptors (Lipinski definition) is 4. The minimum atomic E-state index is -0.765. The summed E-state index contributed by atoms with van der Waals surface area (Å²) in [7, 11) is 0. The van der Waals surface area contributed by atoms with E-state index in [4.69, 9.17) is 10.5 Å².